The topological polar surface area (TPSA) is 88.1 Å². The number of carboxylic acid groups (broad SMARTS) is 1. The Hall–Kier alpha value is -3.22. The number of fused-ring (bicyclic) bond motifs is 1. The largest absolute Gasteiger partial charge is 0.496 e. The number of hydrogen-bond donors (Lipinski definition) is 2. The van der Waals surface area contributed by atoms with Crippen molar-refractivity contribution in [1.82, 2.24) is 0 Å². The van der Waals surface area contributed by atoms with E-state index in [0.29, 0.717) is 25.4 Å². The van der Waals surface area contributed by atoms with Crippen LogP contribution in [-0.4, -0.2) is 37.2 Å². The number of rotatable bonds is 10. The molecule has 1 aliphatic heterocycles. The molecule has 7 heteroatoms. The fraction of sp³-hybridized carbons (Fsp3) is 0.440. The van der Waals surface area contributed by atoms with Crippen molar-refractivity contribution < 1.29 is 24.2 Å². The van der Waals surface area contributed by atoms with Gasteiger partial charge in [-0.25, -0.2) is 4.79 Å². The SMILES string of the molecule is CCCCC(CC)C(=O)Nc1ccc2c(c1)N(Cc1ccc(C(=O)O)cc1OC)CCO2. The fourth-order valence-corrected chi connectivity index (χ4v) is 3.94. The molecule has 172 valence electrons. The number of anilines is 2. The summed E-state index contributed by atoms with van der Waals surface area (Å²) in [5.41, 5.74) is 2.70. The summed E-state index contributed by atoms with van der Waals surface area (Å²) in [5.74, 6) is 0.360. The highest BCUT2D eigenvalue weighted by molar-refractivity contribution is 5.93. The van der Waals surface area contributed by atoms with Crippen molar-refractivity contribution in [3.63, 3.8) is 0 Å². The Morgan fingerprint density at radius 3 is 2.72 bits per heavy atom. The van der Waals surface area contributed by atoms with Gasteiger partial charge in [0.2, 0.25) is 5.91 Å². The third-order valence-corrected chi connectivity index (χ3v) is 5.85. The molecule has 0 saturated heterocycles. The molecule has 1 aliphatic rings. The van der Waals surface area contributed by atoms with Gasteiger partial charge in [0.1, 0.15) is 18.1 Å². The van der Waals surface area contributed by atoms with E-state index in [0.717, 1.165) is 48.4 Å². The minimum Gasteiger partial charge on any atom is -0.496 e. The lowest BCUT2D eigenvalue weighted by atomic mass is 9.98. The first-order valence-electron chi connectivity index (χ1n) is 11.2. The number of unbranched alkanes of at least 4 members (excludes halogenated alkanes) is 1. The predicted octanol–water partition coefficient (Wildman–Crippen LogP) is 4.95. The predicted molar refractivity (Wildman–Crippen MR) is 125 cm³/mol. The number of hydrogen-bond acceptors (Lipinski definition) is 5. The fourth-order valence-electron chi connectivity index (χ4n) is 3.94. The summed E-state index contributed by atoms with van der Waals surface area (Å²) in [5, 5.41) is 12.3. The lowest BCUT2D eigenvalue weighted by Crippen LogP contribution is -2.32. The van der Waals surface area contributed by atoms with Crippen molar-refractivity contribution in [2.75, 3.05) is 30.5 Å². The number of carboxylic acids is 1. The summed E-state index contributed by atoms with van der Waals surface area (Å²) < 4.78 is 11.3. The minimum absolute atomic E-state index is 0.00958. The lowest BCUT2D eigenvalue weighted by molar-refractivity contribution is -0.120. The van der Waals surface area contributed by atoms with Crippen LogP contribution in [0.2, 0.25) is 0 Å². The zero-order valence-corrected chi connectivity index (χ0v) is 19.0. The molecule has 2 aromatic carbocycles. The van der Waals surface area contributed by atoms with E-state index >= 15 is 0 Å². The quantitative estimate of drug-likeness (QED) is 0.544. The molecule has 32 heavy (non-hydrogen) atoms. The number of methoxy groups -OCH3 is 1. The standard InChI is InChI=1S/C25H32N2O5/c1-4-6-7-17(5-2)24(28)26-20-10-11-22-21(15-20)27(12-13-32-22)16-19-9-8-18(25(29)30)14-23(19)31-3/h8-11,14-15,17H,4-7,12-13,16H2,1-3H3,(H,26,28)(H,29,30). The van der Waals surface area contributed by atoms with Crippen LogP contribution in [0.15, 0.2) is 36.4 Å². The molecule has 2 aromatic rings. The third kappa shape index (κ3) is 5.52. The zero-order valence-electron chi connectivity index (χ0n) is 19.0. The van der Waals surface area contributed by atoms with Crippen molar-refractivity contribution in [1.29, 1.82) is 0 Å². The van der Waals surface area contributed by atoms with Gasteiger partial charge >= 0.3 is 5.97 Å². The van der Waals surface area contributed by atoms with Crippen LogP contribution in [0.3, 0.4) is 0 Å². The second-order valence-corrected chi connectivity index (χ2v) is 8.02. The van der Waals surface area contributed by atoms with Gasteiger partial charge in [0, 0.05) is 23.7 Å². The normalized spacial score (nSPS) is 13.7. The average molecular weight is 441 g/mol. The molecule has 3 rings (SSSR count). The molecular weight excluding hydrogens is 408 g/mol. The highest BCUT2D eigenvalue weighted by Crippen LogP contribution is 2.36. The molecule has 0 bridgehead atoms. The monoisotopic (exact) mass is 440 g/mol. The molecule has 0 saturated carbocycles. The maximum atomic E-state index is 12.7. The van der Waals surface area contributed by atoms with Crippen molar-refractivity contribution in [2.45, 2.75) is 46.1 Å². The summed E-state index contributed by atoms with van der Waals surface area (Å²) in [6.07, 6.45) is 3.83. The first kappa shape index (κ1) is 23.4. The second-order valence-electron chi connectivity index (χ2n) is 8.02. The number of amides is 1. The number of carbonyl (C=O) groups is 2. The van der Waals surface area contributed by atoms with Gasteiger partial charge in [-0.15, -0.1) is 0 Å². The molecule has 7 nitrogen and oxygen atoms in total. The van der Waals surface area contributed by atoms with Crippen LogP contribution >= 0.6 is 0 Å². The maximum Gasteiger partial charge on any atom is 0.335 e. The van der Waals surface area contributed by atoms with Gasteiger partial charge in [0.25, 0.3) is 0 Å². The van der Waals surface area contributed by atoms with Crippen LogP contribution < -0.4 is 19.7 Å². The number of carbonyl (C=O) groups excluding carboxylic acids is 1. The van der Waals surface area contributed by atoms with Crippen LogP contribution in [-0.2, 0) is 11.3 Å². The van der Waals surface area contributed by atoms with Crippen molar-refractivity contribution in [3.8, 4) is 11.5 Å². The first-order valence-corrected chi connectivity index (χ1v) is 11.2. The zero-order chi connectivity index (χ0) is 23.1. The van der Waals surface area contributed by atoms with E-state index in [-0.39, 0.29) is 17.4 Å². The summed E-state index contributed by atoms with van der Waals surface area (Å²) in [6.45, 7) is 5.93. The molecule has 1 heterocycles. The van der Waals surface area contributed by atoms with E-state index in [1.807, 2.05) is 25.1 Å². The van der Waals surface area contributed by atoms with Crippen LogP contribution in [0.4, 0.5) is 11.4 Å². The summed E-state index contributed by atoms with van der Waals surface area (Å²) in [4.78, 5) is 26.2. The summed E-state index contributed by atoms with van der Waals surface area (Å²) >= 11 is 0. The number of nitrogens with one attached hydrogen (secondary N) is 1. The van der Waals surface area contributed by atoms with Crippen LogP contribution in [0.5, 0.6) is 11.5 Å². The number of ether oxygens (including phenoxy) is 2. The Balaban J connectivity index is 1.80. The van der Waals surface area contributed by atoms with E-state index < -0.39 is 5.97 Å². The number of nitrogens with zero attached hydrogens (tertiary/aromatic N) is 1. The van der Waals surface area contributed by atoms with Crippen LogP contribution in [0, 0.1) is 5.92 Å². The van der Waals surface area contributed by atoms with E-state index in [1.54, 1.807) is 12.1 Å². The van der Waals surface area contributed by atoms with Gasteiger partial charge in [-0.05, 0) is 43.2 Å². The third-order valence-electron chi connectivity index (χ3n) is 5.85. The smallest absolute Gasteiger partial charge is 0.335 e. The van der Waals surface area contributed by atoms with E-state index in [2.05, 4.69) is 17.1 Å². The number of benzene rings is 2. The molecule has 0 radical (unpaired) electrons. The molecule has 0 aromatic heterocycles. The van der Waals surface area contributed by atoms with Crippen molar-refractivity contribution in [3.05, 3.63) is 47.5 Å². The Bertz CT molecular complexity index is 959. The van der Waals surface area contributed by atoms with Crippen molar-refractivity contribution >= 4 is 23.3 Å². The summed E-state index contributed by atoms with van der Waals surface area (Å²) in [6, 6.07) is 10.6. The molecule has 0 spiro atoms. The Morgan fingerprint density at radius 1 is 1.22 bits per heavy atom. The van der Waals surface area contributed by atoms with Gasteiger partial charge in [-0.3, -0.25) is 4.79 Å². The highest BCUT2D eigenvalue weighted by Gasteiger charge is 2.22. The van der Waals surface area contributed by atoms with Crippen LogP contribution in [0.1, 0.15) is 55.5 Å². The minimum atomic E-state index is -0.990. The lowest BCUT2D eigenvalue weighted by Gasteiger charge is -2.32. The van der Waals surface area contributed by atoms with Crippen molar-refractivity contribution in [2.24, 2.45) is 5.92 Å². The molecule has 1 unspecified atom stereocenters. The second kappa shape index (κ2) is 10.9. The van der Waals surface area contributed by atoms with Gasteiger partial charge in [-0.1, -0.05) is 32.8 Å². The molecule has 0 aliphatic carbocycles. The first-order chi connectivity index (χ1) is 15.5. The van der Waals surface area contributed by atoms with E-state index in [9.17, 15) is 14.7 Å². The van der Waals surface area contributed by atoms with E-state index in [4.69, 9.17) is 9.47 Å². The number of aromatic carboxylic acids is 1. The van der Waals surface area contributed by atoms with Gasteiger partial charge < -0.3 is 24.8 Å². The van der Waals surface area contributed by atoms with E-state index in [1.165, 1.54) is 13.2 Å². The molecule has 2 N–H and O–H groups in total. The average Bonchev–Trinajstić information content (AvgIpc) is 2.80. The Labute approximate surface area is 189 Å². The Morgan fingerprint density at radius 2 is 2.03 bits per heavy atom. The molecular formula is C25H32N2O5. The summed E-state index contributed by atoms with van der Waals surface area (Å²) in [7, 11) is 1.54. The molecule has 1 atom stereocenters. The molecule has 1 amide bonds. The van der Waals surface area contributed by atoms with Gasteiger partial charge in [-0.2, -0.15) is 0 Å². The van der Waals surface area contributed by atoms with Crippen LogP contribution in [0.25, 0.3) is 0 Å². The maximum absolute atomic E-state index is 12.7. The van der Waals surface area contributed by atoms with Gasteiger partial charge in [0.05, 0.1) is 24.9 Å². The highest BCUT2D eigenvalue weighted by atomic mass is 16.5. The molecule has 0 fully saturated rings. The van der Waals surface area contributed by atoms with Gasteiger partial charge in [0.15, 0.2) is 0 Å². The Kier molecular flexibility index (Phi) is 7.98.